The first-order chi connectivity index (χ1) is 16.2. The van der Waals surface area contributed by atoms with E-state index in [1.165, 1.54) is 19.3 Å². The van der Waals surface area contributed by atoms with Crippen LogP contribution in [0.4, 0.5) is 20.4 Å². The first-order valence-corrected chi connectivity index (χ1v) is 12.1. The number of rotatable bonds is 6. The van der Waals surface area contributed by atoms with Crippen LogP contribution in [0.3, 0.4) is 0 Å². The molecule has 34 heavy (non-hydrogen) atoms. The molecule has 2 saturated carbocycles. The molecule has 0 atom stereocenters. The molecule has 0 aliphatic heterocycles. The zero-order valence-corrected chi connectivity index (χ0v) is 19.7. The Bertz CT molecular complexity index is 1230. The Balaban J connectivity index is 1.55. The van der Waals surface area contributed by atoms with E-state index < -0.39 is 17.0 Å². The average molecular weight is 489 g/mol. The molecule has 180 valence electrons. The highest BCUT2D eigenvalue weighted by molar-refractivity contribution is 6.33. The summed E-state index contributed by atoms with van der Waals surface area (Å²) in [7, 11) is 0. The van der Waals surface area contributed by atoms with E-state index in [1.54, 1.807) is 6.20 Å². The van der Waals surface area contributed by atoms with Gasteiger partial charge in [-0.2, -0.15) is 0 Å². The fourth-order valence-electron chi connectivity index (χ4n) is 4.93. The molecule has 10 heteroatoms. The summed E-state index contributed by atoms with van der Waals surface area (Å²) in [5.41, 5.74) is 6.25. The van der Waals surface area contributed by atoms with Crippen molar-refractivity contribution in [2.24, 2.45) is 17.1 Å². The first-order valence-electron chi connectivity index (χ1n) is 11.7. The van der Waals surface area contributed by atoms with Gasteiger partial charge in [-0.3, -0.25) is 9.36 Å². The molecule has 3 aromatic rings. The van der Waals surface area contributed by atoms with E-state index in [9.17, 15) is 13.6 Å². The number of hydrogen-bond acceptors (Lipinski definition) is 5. The van der Waals surface area contributed by atoms with Crippen LogP contribution in [-0.4, -0.2) is 25.4 Å². The maximum atomic E-state index is 14.6. The van der Waals surface area contributed by atoms with Crippen molar-refractivity contribution in [1.82, 2.24) is 19.5 Å². The second-order valence-corrected chi connectivity index (χ2v) is 10.2. The summed E-state index contributed by atoms with van der Waals surface area (Å²) in [6, 6.07) is 1.79. The number of fused-ring (bicyclic) bond motifs is 1. The van der Waals surface area contributed by atoms with Gasteiger partial charge in [-0.25, -0.2) is 23.7 Å². The van der Waals surface area contributed by atoms with Gasteiger partial charge in [0.1, 0.15) is 17.2 Å². The average Bonchev–Trinajstić information content (AvgIpc) is 3.11. The van der Waals surface area contributed by atoms with Crippen molar-refractivity contribution in [2.45, 2.75) is 64.3 Å². The third kappa shape index (κ3) is 4.21. The van der Waals surface area contributed by atoms with Gasteiger partial charge in [-0.1, -0.05) is 37.8 Å². The van der Waals surface area contributed by atoms with Gasteiger partial charge < -0.3 is 11.1 Å². The number of carbonyl (C=O) groups is 1. The van der Waals surface area contributed by atoms with E-state index in [0.717, 1.165) is 24.4 Å². The number of hydrogen-bond donors (Lipinski definition) is 2. The molecule has 5 rings (SSSR count). The molecule has 0 unspecified atom stereocenters. The Labute approximate surface area is 201 Å². The molecule has 2 fully saturated rings. The van der Waals surface area contributed by atoms with Crippen molar-refractivity contribution < 1.29 is 13.6 Å². The minimum Gasteiger partial charge on any atom is -0.369 e. The summed E-state index contributed by atoms with van der Waals surface area (Å²) in [5.74, 6) is -0.162. The second kappa shape index (κ2) is 8.76. The third-order valence-electron chi connectivity index (χ3n) is 7.44. The molecule has 2 aliphatic carbocycles. The number of halogens is 3. The van der Waals surface area contributed by atoms with E-state index in [4.69, 9.17) is 22.3 Å². The third-order valence-corrected chi connectivity index (χ3v) is 7.74. The lowest BCUT2D eigenvalue weighted by Gasteiger charge is -2.35. The zero-order valence-electron chi connectivity index (χ0n) is 19.0. The molecule has 0 radical (unpaired) electrons. The van der Waals surface area contributed by atoms with Crippen molar-refractivity contribution in [3.05, 3.63) is 40.8 Å². The quantitative estimate of drug-likeness (QED) is 0.480. The first kappa shape index (κ1) is 23.0. The van der Waals surface area contributed by atoms with E-state index in [0.29, 0.717) is 48.7 Å². The summed E-state index contributed by atoms with van der Waals surface area (Å²) < 4.78 is 30.1. The van der Waals surface area contributed by atoms with Crippen molar-refractivity contribution >= 4 is 40.3 Å². The number of anilines is 2. The maximum Gasteiger partial charge on any atom is 0.223 e. The number of aromatic nitrogens is 4. The molecule has 1 aromatic carbocycles. The Morgan fingerprint density at radius 1 is 1.24 bits per heavy atom. The van der Waals surface area contributed by atoms with Crippen LogP contribution in [0.15, 0.2) is 18.3 Å². The van der Waals surface area contributed by atoms with Gasteiger partial charge >= 0.3 is 0 Å². The number of amides is 1. The van der Waals surface area contributed by atoms with Crippen LogP contribution in [-0.2, 0) is 11.2 Å². The van der Waals surface area contributed by atoms with E-state index in [1.807, 2.05) is 11.5 Å². The fourth-order valence-corrected chi connectivity index (χ4v) is 5.17. The largest absolute Gasteiger partial charge is 0.369 e. The Hall–Kier alpha value is -2.81. The van der Waals surface area contributed by atoms with Crippen LogP contribution >= 0.6 is 11.6 Å². The van der Waals surface area contributed by atoms with Crippen LogP contribution in [0.5, 0.6) is 0 Å². The fraction of sp³-hybridized carbons (Fsp3) is 0.500. The maximum absolute atomic E-state index is 14.6. The van der Waals surface area contributed by atoms with Crippen molar-refractivity contribution in [3.63, 3.8) is 0 Å². The highest BCUT2D eigenvalue weighted by Gasteiger charge is 2.38. The molecular formula is C24H27ClF2N6O. The minimum atomic E-state index is -0.815. The van der Waals surface area contributed by atoms with Crippen molar-refractivity contribution in [1.29, 1.82) is 0 Å². The van der Waals surface area contributed by atoms with Gasteiger partial charge in [0.15, 0.2) is 11.5 Å². The smallest absolute Gasteiger partial charge is 0.223 e. The van der Waals surface area contributed by atoms with Gasteiger partial charge in [0.05, 0.1) is 16.9 Å². The Morgan fingerprint density at radius 2 is 1.97 bits per heavy atom. The van der Waals surface area contributed by atoms with Gasteiger partial charge in [0.2, 0.25) is 11.9 Å². The molecule has 2 aromatic heterocycles. The van der Waals surface area contributed by atoms with Crippen LogP contribution in [0.1, 0.15) is 63.7 Å². The highest BCUT2D eigenvalue weighted by atomic mass is 35.5. The van der Waals surface area contributed by atoms with Gasteiger partial charge in [0.25, 0.3) is 0 Å². The number of nitrogens with two attached hydrogens (primary N) is 1. The van der Waals surface area contributed by atoms with Crippen molar-refractivity contribution in [3.8, 4) is 0 Å². The lowest BCUT2D eigenvalue weighted by Crippen LogP contribution is -2.38. The van der Waals surface area contributed by atoms with Crippen LogP contribution in [0, 0.1) is 23.0 Å². The molecule has 1 amide bonds. The monoisotopic (exact) mass is 488 g/mol. The summed E-state index contributed by atoms with van der Waals surface area (Å²) >= 11 is 6.14. The minimum absolute atomic E-state index is 0.0336. The normalized spacial score (nSPS) is 23.1. The molecule has 0 saturated heterocycles. The molecule has 0 spiro atoms. The number of benzene rings is 1. The number of nitrogens with zero attached hydrogens (tertiary/aromatic N) is 4. The summed E-state index contributed by atoms with van der Waals surface area (Å²) in [5, 5.41) is 2.88. The number of nitrogens with one attached hydrogen (secondary N) is 1. The highest BCUT2D eigenvalue weighted by Crippen LogP contribution is 2.43. The zero-order chi connectivity index (χ0) is 24.0. The van der Waals surface area contributed by atoms with Crippen LogP contribution in [0.2, 0.25) is 5.02 Å². The van der Waals surface area contributed by atoms with Crippen LogP contribution < -0.4 is 11.1 Å². The Kier molecular flexibility index (Phi) is 5.91. The molecule has 3 N–H and O–H groups in total. The molecular weight excluding hydrogens is 462 g/mol. The number of imidazole rings is 1. The standard InChI is InChI=1S/C24H27ClF2N6O/c1-24(22(28)34)7-5-15(6-8-24)33-21-18(12-29-19(31-21)9-13-3-2-4-13)30-23(33)32-20-16(25)10-14(26)11-17(20)27/h10-13,15H,2-9H2,1H3,(H2,28,34)(H,30,32). The summed E-state index contributed by atoms with van der Waals surface area (Å²) in [4.78, 5) is 25.9. The molecule has 2 aliphatic rings. The van der Waals surface area contributed by atoms with Gasteiger partial charge in [-0.15, -0.1) is 0 Å². The lowest BCUT2D eigenvalue weighted by atomic mass is 9.73. The topological polar surface area (TPSA) is 98.7 Å². The predicted octanol–water partition coefficient (Wildman–Crippen LogP) is 5.45. The molecule has 7 nitrogen and oxygen atoms in total. The molecule has 2 heterocycles. The Morgan fingerprint density at radius 3 is 2.59 bits per heavy atom. The van der Waals surface area contributed by atoms with Crippen molar-refractivity contribution in [2.75, 3.05) is 5.32 Å². The van der Waals surface area contributed by atoms with E-state index in [-0.39, 0.29) is 22.7 Å². The van der Waals surface area contributed by atoms with Gasteiger partial charge in [-0.05, 0) is 37.7 Å². The number of carbonyl (C=O) groups excluding carboxylic acids is 1. The SMILES string of the molecule is CC1(C(N)=O)CCC(n2c(Nc3c(F)cc(F)cc3Cl)nc3cnc(CC4CCC4)nc32)CC1. The number of primary amides is 1. The van der Waals surface area contributed by atoms with E-state index in [2.05, 4.69) is 15.3 Å². The summed E-state index contributed by atoms with van der Waals surface area (Å²) in [6.07, 6.45) is 8.72. The van der Waals surface area contributed by atoms with Gasteiger partial charge in [0, 0.05) is 23.9 Å². The lowest BCUT2D eigenvalue weighted by molar-refractivity contribution is -0.128. The predicted molar refractivity (Wildman–Crippen MR) is 126 cm³/mol. The second-order valence-electron chi connectivity index (χ2n) is 9.83. The van der Waals surface area contributed by atoms with E-state index >= 15 is 0 Å². The van der Waals surface area contributed by atoms with Crippen LogP contribution in [0.25, 0.3) is 11.2 Å². The summed E-state index contributed by atoms with van der Waals surface area (Å²) in [6.45, 7) is 1.89. The molecule has 0 bridgehead atoms.